The fourth-order valence-electron chi connectivity index (χ4n) is 1.14. The lowest BCUT2D eigenvalue weighted by atomic mass is 10.2. The Labute approximate surface area is 96.4 Å². The van der Waals surface area contributed by atoms with Gasteiger partial charge in [-0.15, -0.1) is 0 Å². The molecule has 0 N–H and O–H groups in total. The van der Waals surface area contributed by atoms with Gasteiger partial charge in [0.1, 0.15) is 5.82 Å². The zero-order valence-electron chi connectivity index (χ0n) is 10.3. The first-order valence-corrected chi connectivity index (χ1v) is 5.32. The molecule has 2 aromatic rings. The zero-order valence-corrected chi connectivity index (χ0v) is 10.3. The van der Waals surface area contributed by atoms with Crippen LogP contribution in [0.3, 0.4) is 0 Å². The molecule has 0 fully saturated rings. The molecule has 0 unspecified atom stereocenters. The Kier molecular flexibility index (Phi) is 4.64. The largest absolute Gasteiger partial charge is 0.276 e. The van der Waals surface area contributed by atoms with Gasteiger partial charge in [-0.1, -0.05) is 13.8 Å². The van der Waals surface area contributed by atoms with E-state index in [2.05, 4.69) is 28.9 Å². The van der Waals surface area contributed by atoms with Crippen molar-refractivity contribution in [3.63, 3.8) is 0 Å². The molecule has 0 bridgehead atoms. The van der Waals surface area contributed by atoms with Gasteiger partial charge in [0, 0.05) is 31.6 Å². The van der Waals surface area contributed by atoms with E-state index in [1.54, 1.807) is 17.1 Å². The van der Waals surface area contributed by atoms with E-state index in [1.165, 1.54) is 0 Å². The number of hydrogen-bond acceptors (Lipinski definition) is 3. The van der Waals surface area contributed by atoms with Crippen molar-refractivity contribution in [2.75, 3.05) is 0 Å². The molecular weight excluding hydrogens is 200 g/mol. The molecule has 0 aliphatic heterocycles. The number of hydrogen-bond donors (Lipinski definition) is 0. The predicted octanol–water partition coefficient (Wildman–Crippen LogP) is 2.33. The quantitative estimate of drug-likeness (QED) is 0.737. The van der Waals surface area contributed by atoms with E-state index >= 15 is 0 Å². The Balaban J connectivity index is 0.000000165. The van der Waals surface area contributed by atoms with Crippen LogP contribution in [0.4, 0.5) is 0 Å². The SMILES string of the molecule is CC(C)c1ncccn1.Cc1ccn(C)n1. The van der Waals surface area contributed by atoms with Crippen LogP contribution in [0.15, 0.2) is 30.7 Å². The van der Waals surface area contributed by atoms with E-state index in [1.807, 2.05) is 32.3 Å². The molecule has 0 aromatic carbocycles. The lowest BCUT2D eigenvalue weighted by Gasteiger charge is -1.98. The molecule has 0 aliphatic rings. The van der Waals surface area contributed by atoms with Gasteiger partial charge >= 0.3 is 0 Å². The third-order valence-electron chi connectivity index (χ3n) is 1.95. The van der Waals surface area contributed by atoms with Crippen LogP contribution in [0.2, 0.25) is 0 Å². The topological polar surface area (TPSA) is 43.6 Å². The first-order chi connectivity index (χ1) is 7.59. The van der Waals surface area contributed by atoms with Gasteiger partial charge in [-0.3, -0.25) is 4.68 Å². The lowest BCUT2D eigenvalue weighted by molar-refractivity contribution is 0.756. The highest BCUT2D eigenvalue weighted by Gasteiger charge is 1.97. The molecule has 0 atom stereocenters. The summed E-state index contributed by atoms with van der Waals surface area (Å²) < 4.78 is 1.79. The summed E-state index contributed by atoms with van der Waals surface area (Å²) in [6, 6.07) is 3.80. The highest BCUT2D eigenvalue weighted by Crippen LogP contribution is 2.04. The van der Waals surface area contributed by atoms with Gasteiger partial charge in [0.25, 0.3) is 0 Å². The van der Waals surface area contributed by atoms with Crippen LogP contribution in [0.1, 0.15) is 31.3 Å². The predicted molar refractivity (Wildman–Crippen MR) is 64.1 cm³/mol. The molecule has 4 heteroatoms. The van der Waals surface area contributed by atoms with Crippen LogP contribution >= 0.6 is 0 Å². The normalized spacial score (nSPS) is 9.81. The van der Waals surface area contributed by atoms with Crippen molar-refractivity contribution >= 4 is 0 Å². The van der Waals surface area contributed by atoms with Crippen molar-refractivity contribution in [2.45, 2.75) is 26.7 Å². The van der Waals surface area contributed by atoms with Gasteiger partial charge in [0.2, 0.25) is 0 Å². The van der Waals surface area contributed by atoms with E-state index in [-0.39, 0.29) is 0 Å². The number of rotatable bonds is 1. The van der Waals surface area contributed by atoms with Crippen LogP contribution in [-0.4, -0.2) is 19.7 Å². The Hall–Kier alpha value is -1.71. The molecular formula is C12H18N4. The summed E-state index contributed by atoms with van der Waals surface area (Å²) in [6.45, 7) is 6.13. The highest BCUT2D eigenvalue weighted by molar-refractivity contribution is 4.94. The second kappa shape index (κ2) is 6.00. The second-order valence-corrected chi connectivity index (χ2v) is 3.89. The first-order valence-electron chi connectivity index (χ1n) is 5.32. The Morgan fingerprint density at radius 3 is 2.06 bits per heavy atom. The van der Waals surface area contributed by atoms with Crippen molar-refractivity contribution in [1.29, 1.82) is 0 Å². The summed E-state index contributed by atoms with van der Waals surface area (Å²) >= 11 is 0. The third-order valence-corrected chi connectivity index (χ3v) is 1.95. The molecule has 2 rings (SSSR count). The van der Waals surface area contributed by atoms with Crippen LogP contribution in [0.25, 0.3) is 0 Å². The molecule has 0 aliphatic carbocycles. The molecule has 0 saturated heterocycles. The standard InChI is InChI=1S/C7H10N2.C5H8N2/c1-6(2)7-8-4-3-5-9-7;1-5-3-4-7(2)6-5/h3-6H,1-2H3;3-4H,1-2H3. The molecule has 0 radical (unpaired) electrons. The zero-order chi connectivity index (χ0) is 12.0. The van der Waals surface area contributed by atoms with Crippen LogP contribution in [0.5, 0.6) is 0 Å². The molecule has 2 heterocycles. The van der Waals surface area contributed by atoms with Crippen molar-refractivity contribution in [2.24, 2.45) is 7.05 Å². The first kappa shape index (κ1) is 12.4. The van der Waals surface area contributed by atoms with Crippen LogP contribution in [-0.2, 0) is 7.05 Å². The van der Waals surface area contributed by atoms with E-state index in [9.17, 15) is 0 Å². The summed E-state index contributed by atoms with van der Waals surface area (Å²) in [4.78, 5) is 8.13. The Morgan fingerprint density at radius 2 is 1.81 bits per heavy atom. The maximum Gasteiger partial charge on any atom is 0.130 e. The van der Waals surface area contributed by atoms with E-state index in [0.717, 1.165) is 11.5 Å². The minimum Gasteiger partial charge on any atom is -0.276 e. The molecule has 2 aromatic heterocycles. The van der Waals surface area contributed by atoms with Crippen LogP contribution < -0.4 is 0 Å². The highest BCUT2D eigenvalue weighted by atomic mass is 15.2. The Bertz CT molecular complexity index is 389. The van der Waals surface area contributed by atoms with E-state index in [0.29, 0.717) is 5.92 Å². The maximum absolute atomic E-state index is 4.07. The van der Waals surface area contributed by atoms with Crippen LogP contribution in [0, 0.1) is 6.92 Å². The van der Waals surface area contributed by atoms with Crippen molar-refractivity contribution in [1.82, 2.24) is 19.7 Å². The van der Waals surface area contributed by atoms with Gasteiger partial charge in [0.05, 0.1) is 5.69 Å². The number of nitrogens with zero attached hydrogens (tertiary/aromatic N) is 4. The minimum atomic E-state index is 0.436. The molecule has 86 valence electrons. The average molecular weight is 218 g/mol. The summed E-state index contributed by atoms with van der Waals surface area (Å²) in [6.07, 6.45) is 5.46. The third kappa shape index (κ3) is 4.21. The van der Waals surface area contributed by atoms with Gasteiger partial charge in [0.15, 0.2) is 0 Å². The minimum absolute atomic E-state index is 0.436. The maximum atomic E-state index is 4.07. The molecule has 0 amide bonds. The summed E-state index contributed by atoms with van der Waals surface area (Å²) in [5.41, 5.74) is 1.07. The number of aromatic nitrogens is 4. The van der Waals surface area contributed by atoms with E-state index < -0.39 is 0 Å². The number of aryl methyl sites for hydroxylation is 2. The molecule has 16 heavy (non-hydrogen) atoms. The summed E-state index contributed by atoms with van der Waals surface area (Å²) in [5.74, 6) is 1.35. The van der Waals surface area contributed by atoms with Gasteiger partial charge in [-0.05, 0) is 19.1 Å². The molecule has 4 nitrogen and oxygen atoms in total. The monoisotopic (exact) mass is 218 g/mol. The van der Waals surface area contributed by atoms with Gasteiger partial charge in [-0.25, -0.2) is 9.97 Å². The van der Waals surface area contributed by atoms with E-state index in [4.69, 9.17) is 0 Å². The Morgan fingerprint density at radius 1 is 1.19 bits per heavy atom. The smallest absolute Gasteiger partial charge is 0.130 e. The van der Waals surface area contributed by atoms with Crippen molar-refractivity contribution in [3.05, 3.63) is 42.2 Å². The fourth-order valence-corrected chi connectivity index (χ4v) is 1.14. The van der Waals surface area contributed by atoms with Gasteiger partial charge < -0.3 is 0 Å². The summed E-state index contributed by atoms with van der Waals surface area (Å²) in [5, 5.41) is 4.03. The van der Waals surface area contributed by atoms with Crippen molar-refractivity contribution < 1.29 is 0 Å². The van der Waals surface area contributed by atoms with Crippen molar-refractivity contribution in [3.8, 4) is 0 Å². The molecule has 0 spiro atoms. The average Bonchev–Trinajstić information content (AvgIpc) is 2.65. The molecule has 0 saturated carbocycles. The second-order valence-electron chi connectivity index (χ2n) is 3.89. The summed E-state index contributed by atoms with van der Waals surface area (Å²) in [7, 11) is 1.91. The van der Waals surface area contributed by atoms with Gasteiger partial charge in [-0.2, -0.15) is 5.10 Å². The fraction of sp³-hybridized carbons (Fsp3) is 0.417. The lowest BCUT2D eigenvalue weighted by Crippen LogP contribution is -1.93.